The number of fused-ring (bicyclic) bond motifs is 1. The van der Waals surface area contributed by atoms with Crippen molar-refractivity contribution >= 4 is 46.5 Å². The zero-order chi connectivity index (χ0) is 20.5. The lowest BCUT2D eigenvalue weighted by Gasteiger charge is -2.24. The minimum atomic E-state index is -0.553. The summed E-state index contributed by atoms with van der Waals surface area (Å²) in [5, 5.41) is 5.61. The number of thioether (sulfide) groups is 1. The number of benzene rings is 2. The Morgan fingerprint density at radius 1 is 1.24 bits per heavy atom. The van der Waals surface area contributed by atoms with E-state index in [-0.39, 0.29) is 24.1 Å². The summed E-state index contributed by atoms with van der Waals surface area (Å²) in [6, 6.07) is 12.8. The Balaban J connectivity index is 1.45. The van der Waals surface area contributed by atoms with E-state index in [1.165, 1.54) is 0 Å². The number of hydrogen-bond acceptors (Lipinski definition) is 5. The van der Waals surface area contributed by atoms with Gasteiger partial charge in [0, 0.05) is 29.2 Å². The number of nitrogens with one attached hydrogen (secondary N) is 2. The maximum Gasteiger partial charge on any atom is 0.265 e. The maximum absolute atomic E-state index is 12.7. The molecule has 0 radical (unpaired) electrons. The number of anilines is 3. The van der Waals surface area contributed by atoms with Gasteiger partial charge < -0.3 is 20.3 Å². The van der Waals surface area contributed by atoms with E-state index in [0.717, 1.165) is 10.6 Å². The largest absolute Gasteiger partial charge is 0.479 e. The zero-order valence-corrected chi connectivity index (χ0v) is 16.9. The predicted molar refractivity (Wildman–Crippen MR) is 112 cm³/mol. The smallest absolute Gasteiger partial charge is 0.265 e. The van der Waals surface area contributed by atoms with Gasteiger partial charge in [0.05, 0.1) is 11.6 Å². The highest BCUT2D eigenvalue weighted by molar-refractivity contribution is 7.98. The molecule has 7 nitrogen and oxygen atoms in total. The van der Waals surface area contributed by atoms with Gasteiger partial charge >= 0.3 is 0 Å². The summed E-state index contributed by atoms with van der Waals surface area (Å²) in [4.78, 5) is 39.7. The maximum atomic E-state index is 12.7. The molecule has 150 valence electrons. The van der Waals surface area contributed by atoms with Gasteiger partial charge in [-0.3, -0.25) is 14.4 Å². The average molecular weight is 411 g/mol. The van der Waals surface area contributed by atoms with Crippen molar-refractivity contribution in [1.82, 2.24) is 0 Å². The topological polar surface area (TPSA) is 87.7 Å². The number of carbonyl (C=O) groups excluding carboxylic acids is 3. The first-order chi connectivity index (χ1) is 13.9. The van der Waals surface area contributed by atoms with E-state index < -0.39 is 12.0 Å². The first-order valence-corrected chi connectivity index (χ1v) is 10.5. The molecule has 0 aliphatic carbocycles. The van der Waals surface area contributed by atoms with Gasteiger partial charge in [-0.2, -0.15) is 0 Å². The molecule has 2 aromatic carbocycles. The lowest BCUT2D eigenvalue weighted by atomic mass is 10.1. The van der Waals surface area contributed by atoms with Crippen LogP contribution in [0.1, 0.15) is 13.3 Å². The van der Waals surface area contributed by atoms with Gasteiger partial charge in [0.2, 0.25) is 11.8 Å². The van der Waals surface area contributed by atoms with Crippen molar-refractivity contribution < 1.29 is 19.1 Å². The molecule has 8 heteroatoms. The highest BCUT2D eigenvalue weighted by atomic mass is 32.2. The molecule has 1 fully saturated rings. The van der Waals surface area contributed by atoms with Crippen LogP contribution in [-0.4, -0.2) is 36.6 Å². The molecule has 2 heterocycles. The molecule has 2 aliphatic rings. The zero-order valence-electron chi connectivity index (χ0n) is 16.1. The van der Waals surface area contributed by atoms with Crippen molar-refractivity contribution in [2.24, 2.45) is 5.92 Å². The Hall–Kier alpha value is -3.00. The summed E-state index contributed by atoms with van der Waals surface area (Å²) in [6.45, 7) is 2.01. The molecule has 0 bridgehead atoms. The van der Waals surface area contributed by atoms with Crippen LogP contribution < -0.4 is 20.3 Å². The van der Waals surface area contributed by atoms with Gasteiger partial charge in [-0.1, -0.05) is 6.07 Å². The number of amides is 3. The summed E-state index contributed by atoms with van der Waals surface area (Å²) >= 11 is 1.61. The van der Waals surface area contributed by atoms with Crippen LogP contribution in [0.25, 0.3) is 0 Å². The molecule has 4 rings (SSSR count). The van der Waals surface area contributed by atoms with Crippen molar-refractivity contribution in [3.8, 4) is 5.75 Å². The van der Waals surface area contributed by atoms with Gasteiger partial charge in [-0.25, -0.2) is 0 Å². The number of rotatable bonds is 4. The molecule has 2 aromatic rings. The molecule has 3 amide bonds. The normalized spacial score (nSPS) is 20.7. The van der Waals surface area contributed by atoms with Crippen LogP contribution in [0.5, 0.6) is 5.75 Å². The molecule has 0 aromatic heterocycles. The van der Waals surface area contributed by atoms with Crippen molar-refractivity contribution in [2.75, 3.05) is 28.3 Å². The number of ether oxygens (including phenoxy) is 1. The van der Waals surface area contributed by atoms with Crippen molar-refractivity contribution in [3.05, 3.63) is 42.5 Å². The lowest BCUT2D eigenvalue weighted by Crippen LogP contribution is -2.34. The molecule has 2 N–H and O–H groups in total. The molecule has 0 spiro atoms. The van der Waals surface area contributed by atoms with Crippen LogP contribution in [0.15, 0.2) is 47.4 Å². The highest BCUT2D eigenvalue weighted by Crippen LogP contribution is 2.33. The molecule has 29 heavy (non-hydrogen) atoms. The standard InChI is InChI=1S/C21H21N3O4S/c1-12-20(26)23-17-9-14(6-7-18(17)28-12)22-21(27)13-8-19(25)24(11-13)15-4-3-5-16(10-15)29-2/h3-7,9-10,12-13H,8,11H2,1-2H3,(H,22,27)(H,23,26). The fourth-order valence-electron chi connectivity index (χ4n) is 3.44. The number of carbonyl (C=O) groups is 3. The minimum absolute atomic E-state index is 0.0662. The highest BCUT2D eigenvalue weighted by Gasteiger charge is 2.35. The fraction of sp³-hybridized carbons (Fsp3) is 0.286. The second-order valence-electron chi connectivity index (χ2n) is 7.06. The monoisotopic (exact) mass is 411 g/mol. The van der Waals surface area contributed by atoms with Gasteiger partial charge in [-0.05, 0) is 49.6 Å². The van der Waals surface area contributed by atoms with E-state index in [9.17, 15) is 14.4 Å². The van der Waals surface area contributed by atoms with E-state index in [2.05, 4.69) is 10.6 Å². The van der Waals surface area contributed by atoms with Crippen LogP contribution in [0.4, 0.5) is 17.1 Å². The van der Waals surface area contributed by atoms with Gasteiger partial charge in [0.25, 0.3) is 5.91 Å². The van der Waals surface area contributed by atoms with Gasteiger partial charge in [0.1, 0.15) is 5.75 Å². The summed E-state index contributed by atoms with van der Waals surface area (Å²) in [7, 11) is 0. The Kier molecular flexibility index (Phi) is 5.19. The Morgan fingerprint density at radius 3 is 2.86 bits per heavy atom. The first kappa shape index (κ1) is 19.3. The SMILES string of the molecule is CSc1cccc(N2CC(C(=O)Nc3ccc4c(c3)NC(=O)C(C)O4)CC2=O)c1. The molecule has 0 saturated carbocycles. The Morgan fingerprint density at radius 2 is 2.07 bits per heavy atom. The van der Waals surface area contributed by atoms with Crippen molar-refractivity contribution in [3.63, 3.8) is 0 Å². The summed E-state index contributed by atoms with van der Waals surface area (Å²) in [5.74, 6) is -0.402. The van der Waals surface area contributed by atoms with Crippen LogP contribution in [0.2, 0.25) is 0 Å². The van der Waals surface area contributed by atoms with E-state index >= 15 is 0 Å². The van der Waals surface area contributed by atoms with E-state index in [1.54, 1.807) is 41.8 Å². The summed E-state index contributed by atoms with van der Waals surface area (Å²) < 4.78 is 5.52. The van der Waals surface area contributed by atoms with Crippen molar-refractivity contribution in [1.29, 1.82) is 0 Å². The third-order valence-corrected chi connectivity index (χ3v) is 5.76. The van der Waals surface area contributed by atoms with Crippen LogP contribution >= 0.6 is 11.8 Å². The van der Waals surface area contributed by atoms with Crippen molar-refractivity contribution in [2.45, 2.75) is 24.3 Å². The van der Waals surface area contributed by atoms with Crippen LogP contribution in [-0.2, 0) is 14.4 Å². The van der Waals surface area contributed by atoms with E-state index in [1.807, 2.05) is 30.5 Å². The van der Waals surface area contributed by atoms with E-state index in [4.69, 9.17) is 4.74 Å². The fourth-order valence-corrected chi connectivity index (χ4v) is 3.90. The van der Waals surface area contributed by atoms with E-state index in [0.29, 0.717) is 23.7 Å². The second-order valence-corrected chi connectivity index (χ2v) is 7.94. The average Bonchev–Trinajstić information content (AvgIpc) is 3.11. The Bertz CT molecular complexity index is 994. The minimum Gasteiger partial charge on any atom is -0.479 e. The van der Waals surface area contributed by atoms with Crippen LogP contribution in [0.3, 0.4) is 0 Å². The molecule has 2 aliphatic heterocycles. The summed E-state index contributed by atoms with van der Waals surface area (Å²) in [6.07, 6.45) is 1.59. The molecule has 2 unspecified atom stereocenters. The third kappa shape index (κ3) is 3.93. The first-order valence-electron chi connectivity index (χ1n) is 9.31. The third-order valence-electron chi connectivity index (χ3n) is 5.04. The lowest BCUT2D eigenvalue weighted by molar-refractivity contribution is -0.122. The summed E-state index contributed by atoms with van der Waals surface area (Å²) in [5.41, 5.74) is 1.87. The quantitative estimate of drug-likeness (QED) is 0.755. The molecular formula is C21H21N3O4S. The van der Waals surface area contributed by atoms with Gasteiger partial charge in [0.15, 0.2) is 6.10 Å². The second kappa shape index (κ2) is 7.79. The molecule has 1 saturated heterocycles. The number of hydrogen-bond donors (Lipinski definition) is 2. The Labute approximate surface area is 172 Å². The van der Waals surface area contributed by atoms with Gasteiger partial charge in [-0.15, -0.1) is 11.8 Å². The molecule has 2 atom stereocenters. The van der Waals surface area contributed by atoms with Crippen LogP contribution in [0, 0.1) is 5.92 Å². The number of nitrogens with zero attached hydrogens (tertiary/aromatic N) is 1. The predicted octanol–water partition coefficient (Wildman–Crippen LogP) is 3.12. The molecular weight excluding hydrogens is 390 g/mol.